The normalized spacial score (nSPS) is 9.64. The Morgan fingerprint density at radius 1 is 1.36 bits per heavy atom. The maximum absolute atomic E-state index is 12.6. The van der Waals surface area contributed by atoms with E-state index < -0.39 is 11.6 Å². The highest BCUT2D eigenvalue weighted by Gasteiger charge is 2.05. The van der Waals surface area contributed by atoms with E-state index in [2.05, 4.69) is 0 Å². The summed E-state index contributed by atoms with van der Waals surface area (Å²) in [7, 11) is 0. The molecule has 0 aliphatic heterocycles. The molecular formula is C7H6F2N2. The van der Waals surface area contributed by atoms with E-state index in [0.717, 1.165) is 12.3 Å². The monoisotopic (exact) mass is 156 g/mol. The predicted octanol–water partition coefficient (Wildman–Crippen LogP) is 1.54. The first-order valence-corrected chi connectivity index (χ1v) is 2.90. The fraction of sp³-hybridized carbons (Fsp3) is 0. The fourth-order valence-electron chi connectivity index (χ4n) is 0.757. The summed E-state index contributed by atoms with van der Waals surface area (Å²) in [6.07, 6.45) is 0.754. The Labute approximate surface area is 62.2 Å². The first-order valence-electron chi connectivity index (χ1n) is 2.90. The van der Waals surface area contributed by atoms with Crippen LogP contribution in [0.25, 0.3) is 0 Å². The van der Waals surface area contributed by atoms with Gasteiger partial charge in [0.15, 0.2) is 0 Å². The van der Waals surface area contributed by atoms with Crippen LogP contribution < -0.4 is 5.73 Å². The van der Waals surface area contributed by atoms with E-state index in [1.54, 1.807) is 0 Å². The van der Waals surface area contributed by atoms with Crippen LogP contribution in [0, 0.1) is 17.0 Å². The van der Waals surface area contributed by atoms with Crippen LogP contribution in [0.4, 0.5) is 14.5 Å². The number of benzene rings is 1. The van der Waals surface area contributed by atoms with E-state index in [1.807, 2.05) is 0 Å². The Hall–Kier alpha value is -1.45. The number of nitrogens with two attached hydrogens (primary N) is 1. The van der Waals surface area contributed by atoms with Crippen LogP contribution in [-0.2, 0) is 0 Å². The van der Waals surface area contributed by atoms with Crippen LogP contribution >= 0.6 is 0 Å². The molecule has 4 heteroatoms. The molecule has 58 valence electrons. The van der Waals surface area contributed by atoms with Crippen LogP contribution in [0.15, 0.2) is 12.1 Å². The van der Waals surface area contributed by atoms with Gasteiger partial charge in [0.05, 0.1) is 5.56 Å². The molecule has 0 fully saturated rings. The van der Waals surface area contributed by atoms with E-state index >= 15 is 0 Å². The third-order valence-corrected chi connectivity index (χ3v) is 1.27. The molecule has 0 heterocycles. The minimum atomic E-state index is -0.808. The number of nitrogens with one attached hydrogen (secondary N) is 1. The summed E-state index contributed by atoms with van der Waals surface area (Å²) in [4.78, 5) is 0. The lowest BCUT2D eigenvalue weighted by molar-refractivity contribution is 0.583. The van der Waals surface area contributed by atoms with Gasteiger partial charge in [-0.05, 0) is 6.07 Å². The second-order valence-corrected chi connectivity index (χ2v) is 2.03. The second-order valence-electron chi connectivity index (χ2n) is 2.03. The number of anilines is 1. The van der Waals surface area contributed by atoms with Crippen molar-refractivity contribution in [1.29, 1.82) is 5.41 Å². The van der Waals surface area contributed by atoms with Crippen molar-refractivity contribution in [2.45, 2.75) is 0 Å². The van der Waals surface area contributed by atoms with Gasteiger partial charge in [0, 0.05) is 18.0 Å². The third-order valence-electron chi connectivity index (χ3n) is 1.27. The molecule has 0 aromatic heterocycles. The van der Waals surface area contributed by atoms with Gasteiger partial charge in [0.1, 0.15) is 11.6 Å². The van der Waals surface area contributed by atoms with E-state index in [0.29, 0.717) is 6.07 Å². The van der Waals surface area contributed by atoms with Crippen molar-refractivity contribution in [3.05, 3.63) is 29.3 Å². The van der Waals surface area contributed by atoms with Crippen molar-refractivity contribution in [3.63, 3.8) is 0 Å². The van der Waals surface area contributed by atoms with Gasteiger partial charge in [0.25, 0.3) is 0 Å². The first-order chi connectivity index (χ1) is 5.15. The predicted molar refractivity (Wildman–Crippen MR) is 38.7 cm³/mol. The van der Waals surface area contributed by atoms with Gasteiger partial charge in [-0.15, -0.1) is 0 Å². The van der Waals surface area contributed by atoms with E-state index in [9.17, 15) is 8.78 Å². The maximum Gasteiger partial charge on any atom is 0.136 e. The summed E-state index contributed by atoms with van der Waals surface area (Å²) in [5.41, 5.74) is 5.07. The highest BCUT2D eigenvalue weighted by molar-refractivity contribution is 5.85. The number of rotatable bonds is 1. The topological polar surface area (TPSA) is 49.9 Å². The van der Waals surface area contributed by atoms with Gasteiger partial charge < -0.3 is 11.1 Å². The molecule has 0 saturated heterocycles. The maximum atomic E-state index is 12.6. The van der Waals surface area contributed by atoms with Crippen molar-refractivity contribution in [1.82, 2.24) is 0 Å². The SMILES string of the molecule is N=Cc1c(N)cc(F)cc1F. The second kappa shape index (κ2) is 2.65. The Bertz CT molecular complexity index is 273. The van der Waals surface area contributed by atoms with E-state index in [4.69, 9.17) is 11.1 Å². The molecule has 2 nitrogen and oxygen atoms in total. The van der Waals surface area contributed by atoms with Crippen molar-refractivity contribution in [2.75, 3.05) is 5.73 Å². The van der Waals surface area contributed by atoms with Crippen molar-refractivity contribution in [2.24, 2.45) is 0 Å². The van der Waals surface area contributed by atoms with Crippen molar-refractivity contribution < 1.29 is 8.78 Å². The zero-order valence-corrected chi connectivity index (χ0v) is 5.57. The average Bonchev–Trinajstić information content (AvgIpc) is 1.85. The molecule has 1 aromatic rings. The Morgan fingerprint density at radius 2 is 2.00 bits per heavy atom. The quantitative estimate of drug-likeness (QED) is 0.470. The zero-order chi connectivity index (χ0) is 8.43. The summed E-state index contributed by atoms with van der Waals surface area (Å²) in [5.74, 6) is -1.54. The van der Waals surface area contributed by atoms with Gasteiger partial charge in [-0.1, -0.05) is 0 Å². The van der Waals surface area contributed by atoms with E-state index in [-0.39, 0.29) is 11.3 Å². The number of hydrogen-bond acceptors (Lipinski definition) is 2. The molecule has 0 bridgehead atoms. The number of halogens is 2. The number of nitrogen functional groups attached to an aromatic ring is 1. The molecule has 3 N–H and O–H groups in total. The summed E-state index contributed by atoms with van der Waals surface area (Å²) >= 11 is 0. The smallest absolute Gasteiger partial charge is 0.136 e. The summed E-state index contributed by atoms with van der Waals surface area (Å²) in [6.45, 7) is 0. The summed E-state index contributed by atoms with van der Waals surface area (Å²) in [5, 5.41) is 6.73. The molecule has 0 amide bonds. The molecule has 0 aliphatic rings. The Kier molecular flexibility index (Phi) is 1.85. The summed E-state index contributed by atoms with van der Waals surface area (Å²) in [6, 6.07) is 1.67. The summed E-state index contributed by atoms with van der Waals surface area (Å²) < 4.78 is 25.0. The molecular weight excluding hydrogens is 150 g/mol. The lowest BCUT2D eigenvalue weighted by atomic mass is 10.2. The lowest BCUT2D eigenvalue weighted by Gasteiger charge is -1.99. The minimum absolute atomic E-state index is 0.0579. The van der Waals surface area contributed by atoms with Crippen LogP contribution in [0.1, 0.15) is 5.56 Å². The molecule has 1 rings (SSSR count). The van der Waals surface area contributed by atoms with Gasteiger partial charge in [-0.3, -0.25) is 0 Å². The fourth-order valence-corrected chi connectivity index (χ4v) is 0.757. The average molecular weight is 156 g/mol. The molecule has 0 atom stereocenters. The molecule has 1 aromatic carbocycles. The van der Waals surface area contributed by atoms with E-state index in [1.165, 1.54) is 0 Å². The molecule has 0 unspecified atom stereocenters. The highest BCUT2D eigenvalue weighted by atomic mass is 19.1. The Morgan fingerprint density at radius 3 is 2.45 bits per heavy atom. The third kappa shape index (κ3) is 1.34. The minimum Gasteiger partial charge on any atom is -0.398 e. The zero-order valence-electron chi connectivity index (χ0n) is 5.57. The standard InChI is InChI=1S/C7H6F2N2/c8-4-1-6(9)5(3-10)7(11)2-4/h1-3,10H,11H2. The molecule has 0 saturated carbocycles. The molecule has 11 heavy (non-hydrogen) atoms. The van der Waals surface area contributed by atoms with Crippen LogP contribution in [-0.4, -0.2) is 6.21 Å². The molecule has 0 radical (unpaired) electrons. The van der Waals surface area contributed by atoms with Crippen LogP contribution in [0.3, 0.4) is 0 Å². The Balaban J connectivity index is 3.36. The largest absolute Gasteiger partial charge is 0.398 e. The highest BCUT2D eigenvalue weighted by Crippen LogP contribution is 2.15. The van der Waals surface area contributed by atoms with Gasteiger partial charge >= 0.3 is 0 Å². The number of hydrogen-bond donors (Lipinski definition) is 2. The van der Waals surface area contributed by atoms with Gasteiger partial charge in [-0.2, -0.15) is 0 Å². The van der Waals surface area contributed by atoms with Crippen LogP contribution in [0.5, 0.6) is 0 Å². The van der Waals surface area contributed by atoms with Gasteiger partial charge in [-0.25, -0.2) is 8.78 Å². The molecule has 0 aliphatic carbocycles. The van der Waals surface area contributed by atoms with Gasteiger partial charge in [0.2, 0.25) is 0 Å². The van der Waals surface area contributed by atoms with Crippen molar-refractivity contribution in [3.8, 4) is 0 Å². The lowest BCUT2D eigenvalue weighted by Crippen LogP contribution is -1.97. The first kappa shape index (κ1) is 7.65. The molecule has 0 spiro atoms. The van der Waals surface area contributed by atoms with Crippen LogP contribution in [0.2, 0.25) is 0 Å². The van der Waals surface area contributed by atoms with Crippen molar-refractivity contribution >= 4 is 11.9 Å².